The SMILES string of the molecule is CN(C)CC[C@@H]1CN(C(=O)c2ccc(Cl)cn2)CCO1. The highest BCUT2D eigenvalue weighted by molar-refractivity contribution is 6.30. The van der Waals surface area contributed by atoms with Crippen LogP contribution in [0.1, 0.15) is 16.9 Å². The Morgan fingerprint density at radius 1 is 1.55 bits per heavy atom. The first-order chi connectivity index (χ1) is 9.56. The molecule has 0 N–H and O–H groups in total. The molecule has 0 aromatic carbocycles. The van der Waals surface area contributed by atoms with E-state index < -0.39 is 0 Å². The first-order valence-electron chi connectivity index (χ1n) is 6.73. The monoisotopic (exact) mass is 297 g/mol. The normalized spacial score (nSPS) is 19.4. The molecule has 1 aromatic rings. The molecule has 1 aromatic heterocycles. The first-order valence-corrected chi connectivity index (χ1v) is 7.11. The van der Waals surface area contributed by atoms with Gasteiger partial charge in [-0.1, -0.05) is 11.6 Å². The summed E-state index contributed by atoms with van der Waals surface area (Å²) >= 11 is 5.78. The molecule has 2 rings (SSSR count). The van der Waals surface area contributed by atoms with Crippen LogP contribution in [0.15, 0.2) is 18.3 Å². The third-order valence-corrected chi connectivity index (χ3v) is 3.49. The van der Waals surface area contributed by atoms with Crippen LogP contribution in [0.3, 0.4) is 0 Å². The van der Waals surface area contributed by atoms with Crippen molar-refractivity contribution in [3.8, 4) is 0 Å². The Bertz CT molecular complexity index is 450. The molecule has 0 unspecified atom stereocenters. The minimum absolute atomic E-state index is 0.0557. The quantitative estimate of drug-likeness (QED) is 0.845. The van der Waals surface area contributed by atoms with E-state index in [0.29, 0.717) is 30.4 Å². The molecule has 1 saturated heterocycles. The van der Waals surface area contributed by atoms with Gasteiger partial charge in [0.1, 0.15) is 5.69 Å². The lowest BCUT2D eigenvalue weighted by molar-refractivity contribution is -0.0271. The average Bonchev–Trinajstić information content (AvgIpc) is 2.45. The number of ether oxygens (including phenoxy) is 1. The second kappa shape index (κ2) is 7.02. The Balaban J connectivity index is 1.94. The summed E-state index contributed by atoms with van der Waals surface area (Å²) in [6.45, 7) is 2.77. The highest BCUT2D eigenvalue weighted by Gasteiger charge is 2.25. The smallest absolute Gasteiger partial charge is 0.272 e. The van der Waals surface area contributed by atoms with Crippen LogP contribution in [0, 0.1) is 0 Å². The summed E-state index contributed by atoms with van der Waals surface area (Å²) in [4.78, 5) is 20.4. The second-order valence-corrected chi connectivity index (χ2v) is 5.63. The van der Waals surface area contributed by atoms with Crippen molar-refractivity contribution in [1.29, 1.82) is 0 Å². The lowest BCUT2D eigenvalue weighted by Gasteiger charge is -2.33. The summed E-state index contributed by atoms with van der Waals surface area (Å²) in [5, 5.41) is 0.535. The lowest BCUT2D eigenvalue weighted by Crippen LogP contribution is -2.46. The predicted octanol–water partition coefficient (Wildman–Crippen LogP) is 1.53. The lowest BCUT2D eigenvalue weighted by atomic mass is 10.2. The summed E-state index contributed by atoms with van der Waals surface area (Å²) in [5.74, 6) is -0.0557. The van der Waals surface area contributed by atoms with Gasteiger partial charge < -0.3 is 14.5 Å². The van der Waals surface area contributed by atoms with E-state index in [1.165, 1.54) is 6.20 Å². The van der Waals surface area contributed by atoms with Crippen molar-refractivity contribution in [1.82, 2.24) is 14.8 Å². The number of carbonyl (C=O) groups is 1. The van der Waals surface area contributed by atoms with Crippen molar-refractivity contribution < 1.29 is 9.53 Å². The molecule has 0 aliphatic carbocycles. The maximum Gasteiger partial charge on any atom is 0.272 e. The molecule has 110 valence electrons. The van der Waals surface area contributed by atoms with Gasteiger partial charge in [-0.25, -0.2) is 4.98 Å². The molecule has 0 bridgehead atoms. The summed E-state index contributed by atoms with van der Waals surface area (Å²) in [6.07, 6.45) is 2.52. The van der Waals surface area contributed by atoms with Crippen molar-refractivity contribution in [2.75, 3.05) is 40.3 Å². The van der Waals surface area contributed by atoms with Gasteiger partial charge in [-0.3, -0.25) is 4.79 Å². The maximum absolute atomic E-state index is 12.3. The van der Waals surface area contributed by atoms with E-state index in [-0.39, 0.29) is 12.0 Å². The number of morpholine rings is 1. The number of hydrogen-bond donors (Lipinski definition) is 0. The number of hydrogen-bond acceptors (Lipinski definition) is 4. The molecule has 0 saturated carbocycles. The van der Waals surface area contributed by atoms with Crippen LogP contribution in [0.2, 0.25) is 5.02 Å². The van der Waals surface area contributed by atoms with Gasteiger partial charge in [0.15, 0.2) is 0 Å². The number of pyridine rings is 1. The van der Waals surface area contributed by atoms with Gasteiger partial charge in [-0.15, -0.1) is 0 Å². The Morgan fingerprint density at radius 2 is 2.35 bits per heavy atom. The van der Waals surface area contributed by atoms with Crippen molar-refractivity contribution >= 4 is 17.5 Å². The molecule has 5 nitrogen and oxygen atoms in total. The van der Waals surface area contributed by atoms with E-state index >= 15 is 0 Å². The largest absolute Gasteiger partial charge is 0.374 e. The fourth-order valence-electron chi connectivity index (χ4n) is 2.14. The van der Waals surface area contributed by atoms with Crippen molar-refractivity contribution in [2.24, 2.45) is 0 Å². The highest BCUT2D eigenvalue weighted by Crippen LogP contribution is 2.13. The Hall–Kier alpha value is -1.17. The fourth-order valence-corrected chi connectivity index (χ4v) is 2.26. The molecule has 6 heteroatoms. The van der Waals surface area contributed by atoms with Crippen LogP contribution in [-0.4, -0.2) is 67.1 Å². The number of rotatable bonds is 4. The molecule has 20 heavy (non-hydrogen) atoms. The molecular weight excluding hydrogens is 278 g/mol. The van der Waals surface area contributed by atoms with E-state index in [2.05, 4.69) is 9.88 Å². The zero-order valence-corrected chi connectivity index (χ0v) is 12.6. The molecule has 1 amide bonds. The topological polar surface area (TPSA) is 45.7 Å². The molecule has 1 atom stereocenters. The maximum atomic E-state index is 12.3. The molecule has 1 aliphatic heterocycles. The van der Waals surface area contributed by atoms with Gasteiger partial charge in [-0.05, 0) is 32.6 Å². The Morgan fingerprint density at radius 3 is 3.00 bits per heavy atom. The van der Waals surface area contributed by atoms with Crippen LogP contribution in [0.4, 0.5) is 0 Å². The zero-order chi connectivity index (χ0) is 14.5. The Labute approximate surface area is 124 Å². The van der Waals surface area contributed by atoms with E-state index in [1.807, 2.05) is 14.1 Å². The van der Waals surface area contributed by atoms with Crippen LogP contribution in [0.5, 0.6) is 0 Å². The van der Waals surface area contributed by atoms with Gasteiger partial charge in [0.2, 0.25) is 0 Å². The summed E-state index contributed by atoms with van der Waals surface area (Å²) in [5.41, 5.74) is 0.433. The molecule has 1 fully saturated rings. The summed E-state index contributed by atoms with van der Waals surface area (Å²) < 4.78 is 5.70. The molecule has 0 spiro atoms. The highest BCUT2D eigenvalue weighted by atomic mass is 35.5. The third kappa shape index (κ3) is 4.16. The standard InChI is InChI=1S/C14H20ClN3O2/c1-17(2)6-5-12-10-18(7-8-20-12)14(19)13-4-3-11(15)9-16-13/h3-4,9,12H,5-8,10H2,1-2H3/t12-/m1/s1. The van der Waals surface area contributed by atoms with E-state index in [9.17, 15) is 4.79 Å². The summed E-state index contributed by atoms with van der Waals surface area (Å²) in [6, 6.07) is 3.35. The van der Waals surface area contributed by atoms with Gasteiger partial charge in [0.25, 0.3) is 5.91 Å². The average molecular weight is 298 g/mol. The molecule has 2 heterocycles. The molecule has 0 radical (unpaired) electrons. The van der Waals surface area contributed by atoms with Gasteiger partial charge >= 0.3 is 0 Å². The number of halogens is 1. The fraction of sp³-hybridized carbons (Fsp3) is 0.571. The minimum Gasteiger partial charge on any atom is -0.374 e. The summed E-state index contributed by atoms with van der Waals surface area (Å²) in [7, 11) is 4.06. The van der Waals surface area contributed by atoms with Gasteiger partial charge in [-0.2, -0.15) is 0 Å². The van der Waals surface area contributed by atoms with E-state index in [0.717, 1.165) is 13.0 Å². The van der Waals surface area contributed by atoms with E-state index in [4.69, 9.17) is 16.3 Å². The minimum atomic E-state index is -0.0557. The number of amides is 1. The van der Waals surface area contributed by atoms with Crippen molar-refractivity contribution in [3.05, 3.63) is 29.0 Å². The number of nitrogens with zero attached hydrogens (tertiary/aromatic N) is 3. The van der Waals surface area contributed by atoms with Crippen LogP contribution < -0.4 is 0 Å². The zero-order valence-electron chi connectivity index (χ0n) is 11.9. The Kier molecular flexibility index (Phi) is 5.34. The first kappa shape index (κ1) is 15.2. The molecule has 1 aliphatic rings. The van der Waals surface area contributed by atoms with Crippen molar-refractivity contribution in [2.45, 2.75) is 12.5 Å². The van der Waals surface area contributed by atoms with Crippen molar-refractivity contribution in [3.63, 3.8) is 0 Å². The van der Waals surface area contributed by atoms with E-state index in [1.54, 1.807) is 17.0 Å². The van der Waals surface area contributed by atoms with Gasteiger partial charge in [0.05, 0.1) is 17.7 Å². The van der Waals surface area contributed by atoms with Gasteiger partial charge in [0, 0.05) is 25.8 Å². The van der Waals surface area contributed by atoms with Crippen LogP contribution in [-0.2, 0) is 4.74 Å². The second-order valence-electron chi connectivity index (χ2n) is 5.20. The molecular formula is C14H20ClN3O2. The van der Waals surface area contributed by atoms with Crippen LogP contribution >= 0.6 is 11.6 Å². The number of carbonyl (C=O) groups excluding carboxylic acids is 1. The number of aromatic nitrogens is 1. The predicted molar refractivity (Wildman–Crippen MR) is 78.1 cm³/mol. The van der Waals surface area contributed by atoms with Crippen LogP contribution in [0.25, 0.3) is 0 Å². The third-order valence-electron chi connectivity index (χ3n) is 3.27.